The highest BCUT2D eigenvalue weighted by Crippen LogP contribution is 2.30. The third-order valence-electron chi connectivity index (χ3n) is 3.59. The number of halogens is 1. The Morgan fingerprint density at radius 3 is 2.52 bits per heavy atom. The number of hydrogen-bond donors (Lipinski definition) is 5. The zero-order chi connectivity index (χ0) is 18.2. The van der Waals surface area contributed by atoms with Gasteiger partial charge in [0.25, 0.3) is 0 Å². The van der Waals surface area contributed by atoms with Crippen molar-refractivity contribution in [3.63, 3.8) is 0 Å². The Hall–Kier alpha value is -2.59. The predicted octanol–water partition coefficient (Wildman–Crippen LogP) is 0.508. The van der Waals surface area contributed by atoms with Crippen LogP contribution in [0.4, 0.5) is 5.69 Å². The molecular weight excluding hydrogens is 352 g/mol. The molecule has 25 heavy (non-hydrogen) atoms. The summed E-state index contributed by atoms with van der Waals surface area (Å²) in [6.07, 6.45) is -3.20. The molecule has 0 saturated heterocycles. The van der Waals surface area contributed by atoms with Gasteiger partial charge in [0.15, 0.2) is 5.65 Å². The molecular formula is C15H15ClN4O5. The van der Waals surface area contributed by atoms with Gasteiger partial charge in [-0.1, -0.05) is 23.7 Å². The van der Waals surface area contributed by atoms with Crippen molar-refractivity contribution >= 4 is 28.5 Å². The highest BCUT2D eigenvalue weighted by molar-refractivity contribution is 6.30. The molecule has 10 heteroatoms. The number of rotatable bonds is 5. The van der Waals surface area contributed by atoms with E-state index >= 15 is 0 Å². The van der Waals surface area contributed by atoms with Gasteiger partial charge in [0, 0.05) is 6.07 Å². The van der Waals surface area contributed by atoms with Gasteiger partial charge in [-0.05, 0) is 17.7 Å². The summed E-state index contributed by atoms with van der Waals surface area (Å²) in [6.45, 7) is -0.101. The van der Waals surface area contributed by atoms with E-state index in [1.165, 1.54) is 13.2 Å². The number of H-pyrrole nitrogens is 2. The van der Waals surface area contributed by atoms with E-state index in [0.29, 0.717) is 11.3 Å². The molecule has 1 aromatic carbocycles. The number of hydrogen-bond acceptors (Lipinski definition) is 7. The van der Waals surface area contributed by atoms with Crippen LogP contribution in [0, 0.1) is 0 Å². The second kappa shape index (κ2) is 6.37. The van der Waals surface area contributed by atoms with Crippen LogP contribution in [0.5, 0.6) is 5.75 Å². The van der Waals surface area contributed by atoms with E-state index in [4.69, 9.17) is 16.3 Å². The number of methoxy groups -OCH3 is 1. The lowest BCUT2D eigenvalue weighted by Gasteiger charge is -2.32. The fraction of sp³-hybridized carbons (Fsp3) is 0.200. The first-order valence-electron chi connectivity index (χ1n) is 7.14. The quantitative estimate of drug-likeness (QED) is 0.328. The average Bonchev–Trinajstić information content (AvgIpc) is 2.91. The number of nitrogens with one attached hydrogen (secondary N) is 2. The molecule has 9 nitrogen and oxygen atoms in total. The standard InChI is InChI=1S/C15H15ClN4O5/c1-25-9-4-2-8(3-5-9)7-20(15(22,23)24)10-6-11(16)17-13-12(10)18-14(21)19-13/h2-6,22-24H,7H2,1H3,(H2,17,18,19,21). The normalized spacial score (nSPS) is 11.7. The van der Waals surface area contributed by atoms with Gasteiger partial charge in [-0.25, -0.2) is 9.78 Å². The summed E-state index contributed by atoms with van der Waals surface area (Å²) in [5, 5.41) is 29.4. The molecule has 0 amide bonds. The summed E-state index contributed by atoms with van der Waals surface area (Å²) in [5.41, 5.74) is 0.466. The van der Waals surface area contributed by atoms with Crippen LogP contribution in [0.1, 0.15) is 5.56 Å². The zero-order valence-corrected chi connectivity index (χ0v) is 13.8. The van der Waals surface area contributed by atoms with Crippen LogP contribution >= 0.6 is 11.6 Å². The summed E-state index contributed by atoms with van der Waals surface area (Å²) in [7, 11) is 1.53. The maximum atomic E-state index is 11.5. The van der Waals surface area contributed by atoms with Crippen LogP contribution in [0.2, 0.25) is 5.15 Å². The first-order chi connectivity index (χ1) is 11.8. The van der Waals surface area contributed by atoms with Gasteiger partial charge in [-0.3, -0.25) is 9.88 Å². The Morgan fingerprint density at radius 2 is 1.92 bits per heavy atom. The van der Waals surface area contributed by atoms with Gasteiger partial charge in [0.1, 0.15) is 16.4 Å². The maximum Gasteiger partial charge on any atom is 0.370 e. The number of benzene rings is 1. The molecule has 0 aliphatic rings. The predicted molar refractivity (Wildman–Crippen MR) is 90.3 cm³/mol. The Bertz CT molecular complexity index is 945. The Morgan fingerprint density at radius 1 is 1.24 bits per heavy atom. The summed E-state index contributed by atoms with van der Waals surface area (Å²) in [6, 6.07) is 8.06. The summed E-state index contributed by atoms with van der Waals surface area (Å²) >= 11 is 5.93. The number of aromatic amines is 2. The fourth-order valence-electron chi connectivity index (χ4n) is 2.45. The van der Waals surface area contributed by atoms with Crippen molar-refractivity contribution < 1.29 is 20.1 Å². The number of anilines is 1. The van der Waals surface area contributed by atoms with Crippen molar-refractivity contribution in [3.8, 4) is 5.75 Å². The number of aromatic nitrogens is 3. The Balaban J connectivity index is 2.08. The molecule has 5 N–H and O–H groups in total. The average molecular weight is 367 g/mol. The second-order valence-electron chi connectivity index (χ2n) is 5.30. The molecule has 2 aromatic heterocycles. The van der Waals surface area contributed by atoms with E-state index in [-0.39, 0.29) is 28.5 Å². The van der Waals surface area contributed by atoms with Crippen molar-refractivity contribution in [1.82, 2.24) is 15.0 Å². The van der Waals surface area contributed by atoms with E-state index in [1.54, 1.807) is 24.3 Å². The number of nitrogens with zero attached hydrogens (tertiary/aromatic N) is 2. The molecule has 0 fully saturated rings. The second-order valence-corrected chi connectivity index (χ2v) is 5.69. The monoisotopic (exact) mass is 366 g/mol. The van der Waals surface area contributed by atoms with Crippen molar-refractivity contribution in [1.29, 1.82) is 0 Å². The molecule has 0 spiro atoms. The van der Waals surface area contributed by atoms with E-state index in [0.717, 1.165) is 4.90 Å². The van der Waals surface area contributed by atoms with Crippen LogP contribution < -0.4 is 15.3 Å². The van der Waals surface area contributed by atoms with E-state index < -0.39 is 11.8 Å². The van der Waals surface area contributed by atoms with Crippen molar-refractivity contribution in [2.45, 2.75) is 12.6 Å². The highest BCUT2D eigenvalue weighted by atomic mass is 35.5. The van der Waals surface area contributed by atoms with Crippen molar-refractivity contribution in [2.24, 2.45) is 0 Å². The molecule has 2 heterocycles. The first kappa shape index (κ1) is 17.2. The van der Waals surface area contributed by atoms with Crippen LogP contribution in [0.25, 0.3) is 11.2 Å². The number of imidazole rings is 1. The summed E-state index contributed by atoms with van der Waals surface area (Å²) < 4.78 is 5.07. The number of fused-ring (bicyclic) bond motifs is 1. The molecule has 0 atom stereocenters. The molecule has 0 unspecified atom stereocenters. The summed E-state index contributed by atoms with van der Waals surface area (Å²) in [5.74, 6) is 0.628. The van der Waals surface area contributed by atoms with Crippen molar-refractivity contribution in [3.05, 3.63) is 51.5 Å². The van der Waals surface area contributed by atoms with Gasteiger partial charge in [-0.15, -0.1) is 0 Å². The van der Waals surface area contributed by atoms with Gasteiger partial charge in [0.05, 0.1) is 19.3 Å². The number of ether oxygens (including phenoxy) is 1. The fourth-order valence-corrected chi connectivity index (χ4v) is 2.63. The number of aliphatic hydroxyl groups is 3. The van der Waals surface area contributed by atoms with Crippen LogP contribution in [-0.2, 0) is 6.54 Å². The van der Waals surface area contributed by atoms with E-state index in [2.05, 4.69) is 15.0 Å². The molecule has 3 rings (SSSR count). The first-order valence-corrected chi connectivity index (χ1v) is 7.52. The molecule has 0 aliphatic carbocycles. The summed E-state index contributed by atoms with van der Waals surface area (Å²) in [4.78, 5) is 21.3. The van der Waals surface area contributed by atoms with Gasteiger partial charge >= 0.3 is 11.8 Å². The minimum Gasteiger partial charge on any atom is -0.497 e. The molecule has 3 aromatic rings. The van der Waals surface area contributed by atoms with Crippen LogP contribution in [-0.4, -0.2) is 43.5 Å². The lowest BCUT2D eigenvalue weighted by atomic mass is 10.2. The van der Waals surface area contributed by atoms with E-state index in [1.807, 2.05) is 0 Å². The minimum absolute atomic E-state index is 0.00160. The zero-order valence-electron chi connectivity index (χ0n) is 13.0. The van der Waals surface area contributed by atoms with Crippen LogP contribution in [0.15, 0.2) is 35.1 Å². The molecule has 0 aliphatic heterocycles. The molecule has 132 valence electrons. The number of pyridine rings is 1. The SMILES string of the molecule is COc1ccc(CN(c2cc(Cl)nc3[nH]c(=O)[nH]c23)C(O)(O)O)cc1. The molecule has 0 bridgehead atoms. The van der Waals surface area contributed by atoms with Gasteiger partial charge in [-0.2, -0.15) is 0 Å². The van der Waals surface area contributed by atoms with Crippen molar-refractivity contribution in [2.75, 3.05) is 12.0 Å². The third kappa shape index (κ3) is 3.59. The van der Waals surface area contributed by atoms with E-state index in [9.17, 15) is 20.1 Å². The lowest BCUT2D eigenvalue weighted by molar-refractivity contribution is -0.310. The third-order valence-corrected chi connectivity index (χ3v) is 3.78. The minimum atomic E-state index is -3.20. The Kier molecular flexibility index (Phi) is 4.39. The smallest absolute Gasteiger partial charge is 0.370 e. The largest absolute Gasteiger partial charge is 0.497 e. The molecule has 0 saturated carbocycles. The Labute approximate surface area is 146 Å². The van der Waals surface area contributed by atoms with Gasteiger partial charge in [0.2, 0.25) is 0 Å². The highest BCUT2D eigenvalue weighted by Gasteiger charge is 2.32. The molecule has 0 radical (unpaired) electrons. The maximum absolute atomic E-state index is 11.5. The topological polar surface area (TPSA) is 135 Å². The lowest BCUT2D eigenvalue weighted by Crippen LogP contribution is -2.48. The van der Waals surface area contributed by atoms with Crippen LogP contribution in [0.3, 0.4) is 0 Å². The van der Waals surface area contributed by atoms with Gasteiger partial charge < -0.3 is 25.0 Å².